The lowest BCUT2D eigenvalue weighted by molar-refractivity contribution is -0.384. The molecule has 2 aromatic carbocycles. The van der Waals surface area contributed by atoms with Crippen LogP contribution in [0.4, 0.5) is 11.4 Å². The van der Waals surface area contributed by atoms with Gasteiger partial charge in [0.2, 0.25) is 0 Å². The first-order chi connectivity index (χ1) is 11.6. The maximum atomic E-state index is 12.5. The van der Waals surface area contributed by atoms with Crippen LogP contribution < -0.4 is 5.32 Å². The zero-order valence-electron chi connectivity index (χ0n) is 12.3. The van der Waals surface area contributed by atoms with Gasteiger partial charge in [-0.25, -0.2) is 0 Å². The molecule has 1 aromatic heterocycles. The maximum Gasteiger partial charge on any atom is 0.293 e. The van der Waals surface area contributed by atoms with Crippen LogP contribution in [0.1, 0.15) is 10.5 Å². The average Bonchev–Trinajstić information content (AvgIpc) is 3.06. The van der Waals surface area contributed by atoms with E-state index in [4.69, 9.17) is 11.6 Å². The highest BCUT2D eigenvalue weighted by Gasteiger charge is 2.19. The highest BCUT2D eigenvalue weighted by atomic mass is 35.5. The molecule has 120 valence electrons. The Kier molecular flexibility index (Phi) is 4.31. The number of nitro benzene ring substituents is 1. The lowest BCUT2D eigenvalue weighted by Crippen LogP contribution is -2.16. The standard InChI is InChI=1S/C17H12ClN3O3/c18-12-7-9-13(10-8-12)19-17(22)16-6-3-11-20(16)14-4-1-2-5-15(14)21(23)24/h1-11H,(H,19,22). The van der Waals surface area contributed by atoms with Crippen LogP contribution in [-0.2, 0) is 0 Å². The van der Waals surface area contributed by atoms with Crippen molar-refractivity contribution in [3.05, 3.63) is 87.7 Å². The Hall–Kier alpha value is -3.12. The highest BCUT2D eigenvalue weighted by Crippen LogP contribution is 2.24. The predicted octanol–water partition coefficient (Wildman–Crippen LogP) is 4.29. The first-order valence-electron chi connectivity index (χ1n) is 7.04. The van der Waals surface area contributed by atoms with Gasteiger partial charge >= 0.3 is 0 Å². The molecule has 0 aliphatic carbocycles. The summed E-state index contributed by atoms with van der Waals surface area (Å²) in [4.78, 5) is 23.2. The number of carbonyl (C=O) groups is 1. The Morgan fingerprint density at radius 2 is 1.75 bits per heavy atom. The summed E-state index contributed by atoms with van der Waals surface area (Å²) in [5.74, 6) is -0.375. The largest absolute Gasteiger partial charge is 0.321 e. The second kappa shape index (κ2) is 6.55. The Morgan fingerprint density at radius 1 is 1.04 bits per heavy atom. The molecule has 0 radical (unpaired) electrons. The van der Waals surface area contributed by atoms with Crippen molar-refractivity contribution in [3.8, 4) is 5.69 Å². The van der Waals surface area contributed by atoms with Crippen LogP contribution in [0.2, 0.25) is 5.02 Å². The van der Waals surface area contributed by atoms with Crippen molar-refractivity contribution >= 4 is 28.9 Å². The number of hydrogen-bond donors (Lipinski definition) is 1. The van der Waals surface area contributed by atoms with Crippen molar-refractivity contribution in [2.75, 3.05) is 5.32 Å². The minimum Gasteiger partial charge on any atom is -0.321 e. The summed E-state index contributed by atoms with van der Waals surface area (Å²) in [6, 6.07) is 16.2. The molecule has 6 nitrogen and oxygen atoms in total. The van der Waals surface area contributed by atoms with Crippen molar-refractivity contribution in [2.45, 2.75) is 0 Å². The van der Waals surface area contributed by atoms with Gasteiger partial charge in [-0.1, -0.05) is 23.7 Å². The molecule has 3 aromatic rings. The molecule has 0 saturated carbocycles. The van der Waals surface area contributed by atoms with Gasteiger partial charge in [0.15, 0.2) is 0 Å². The summed E-state index contributed by atoms with van der Waals surface area (Å²) in [6.45, 7) is 0. The molecule has 1 amide bonds. The molecule has 0 unspecified atom stereocenters. The molecule has 0 aliphatic heterocycles. The van der Waals surface area contributed by atoms with Crippen LogP contribution in [0, 0.1) is 10.1 Å². The fourth-order valence-corrected chi connectivity index (χ4v) is 2.45. The highest BCUT2D eigenvalue weighted by molar-refractivity contribution is 6.30. The van der Waals surface area contributed by atoms with Crippen molar-refractivity contribution in [3.63, 3.8) is 0 Å². The monoisotopic (exact) mass is 341 g/mol. The Morgan fingerprint density at radius 3 is 2.46 bits per heavy atom. The van der Waals surface area contributed by atoms with Gasteiger partial charge in [0.1, 0.15) is 11.4 Å². The average molecular weight is 342 g/mol. The van der Waals surface area contributed by atoms with E-state index in [1.807, 2.05) is 0 Å². The van der Waals surface area contributed by atoms with Gasteiger partial charge in [-0.2, -0.15) is 0 Å². The van der Waals surface area contributed by atoms with E-state index in [1.54, 1.807) is 60.8 Å². The molecule has 0 spiro atoms. The molecular formula is C17H12ClN3O3. The van der Waals surface area contributed by atoms with Crippen LogP contribution in [0.25, 0.3) is 5.69 Å². The lowest BCUT2D eigenvalue weighted by atomic mass is 10.2. The Bertz CT molecular complexity index is 903. The third-order valence-corrected chi connectivity index (χ3v) is 3.67. The summed E-state index contributed by atoms with van der Waals surface area (Å²) in [6.07, 6.45) is 1.61. The number of amides is 1. The van der Waals surface area contributed by atoms with E-state index in [1.165, 1.54) is 10.6 Å². The van der Waals surface area contributed by atoms with E-state index >= 15 is 0 Å². The number of benzene rings is 2. The molecule has 0 aliphatic rings. The second-order valence-corrected chi connectivity index (χ2v) is 5.41. The second-order valence-electron chi connectivity index (χ2n) is 4.97. The van der Waals surface area contributed by atoms with Crippen molar-refractivity contribution < 1.29 is 9.72 Å². The third-order valence-electron chi connectivity index (χ3n) is 3.42. The fourth-order valence-electron chi connectivity index (χ4n) is 2.33. The van der Waals surface area contributed by atoms with Crippen molar-refractivity contribution in [2.24, 2.45) is 0 Å². The fraction of sp³-hybridized carbons (Fsp3) is 0. The molecule has 0 atom stereocenters. The topological polar surface area (TPSA) is 77.2 Å². The normalized spacial score (nSPS) is 10.4. The van der Waals surface area contributed by atoms with Gasteiger partial charge in [0.05, 0.1) is 4.92 Å². The van der Waals surface area contributed by atoms with Gasteiger partial charge in [-0.15, -0.1) is 0 Å². The summed E-state index contributed by atoms with van der Waals surface area (Å²) in [7, 11) is 0. The number of nitrogens with zero attached hydrogens (tertiary/aromatic N) is 2. The first kappa shape index (κ1) is 15.8. The molecule has 1 N–H and O–H groups in total. The van der Waals surface area contributed by atoms with Gasteiger partial charge < -0.3 is 9.88 Å². The van der Waals surface area contributed by atoms with Crippen molar-refractivity contribution in [1.29, 1.82) is 0 Å². The number of nitro groups is 1. The molecule has 24 heavy (non-hydrogen) atoms. The SMILES string of the molecule is O=C(Nc1ccc(Cl)cc1)c1cccn1-c1ccccc1[N+](=O)[O-]. The first-order valence-corrected chi connectivity index (χ1v) is 7.42. The van der Waals surface area contributed by atoms with Crippen LogP contribution in [0.5, 0.6) is 0 Å². The summed E-state index contributed by atoms with van der Waals surface area (Å²) >= 11 is 5.82. The number of rotatable bonds is 4. The number of halogens is 1. The van der Waals surface area contributed by atoms with E-state index in [0.29, 0.717) is 22.1 Å². The summed E-state index contributed by atoms with van der Waals surface area (Å²) < 4.78 is 1.49. The number of aromatic nitrogens is 1. The zero-order valence-corrected chi connectivity index (χ0v) is 13.1. The number of para-hydroxylation sites is 2. The number of nitrogens with one attached hydrogen (secondary N) is 1. The van der Waals surface area contributed by atoms with Crippen molar-refractivity contribution in [1.82, 2.24) is 4.57 Å². The van der Waals surface area contributed by atoms with Crippen LogP contribution in [-0.4, -0.2) is 15.4 Å². The van der Waals surface area contributed by atoms with Gasteiger partial charge in [0.25, 0.3) is 11.6 Å². The molecule has 1 heterocycles. The summed E-state index contributed by atoms with van der Waals surface area (Å²) in [5, 5.41) is 14.5. The van der Waals surface area contributed by atoms with E-state index in [2.05, 4.69) is 5.32 Å². The Labute approximate surface area is 142 Å². The van der Waals surface area contributed by atoms with E-state index in [0.717, 1.165) is 0 Å². The third kappa shape index (κ3) is 3.13. The lowest BCUT2D eigenvalue weighted by Gasteiger charge is -2.10. The van der Waals surface area contributed by atoms with E-state index < -0.39 is 4.92 Å². The molecule has 0 fully saturated rings. The van der Waals surface area contributed by atoms with E-state index in [9.17, 15) is 14.9 Å². The molecule has 7 heteroatoms. The number of hydrogen-bond acceptors (Lipinski definition) is 3. The van der Waals surface area contributed by atoms with Crippen LogP contribution >= 0.6 is 11.6 Å². The molecular weight excluding hydrogens is 330 g/mol. The Balaban J connectivity index is 1.95. The minimum atomic E-state index is -0.476. The smallest absolute Gasteiger partial charge is 0.293 e. The number of anilines is 1. The quantitative estimate of drug-likeness (QED) is 0.568. The van der Waals surface area contributed by atoms with Gasteiger partial charge in [-0.05, 0) is 42.5 Å². The van der Waals surface area contributed by atoms with E-state index in [-0.39, 0.29) is 11.6 Å². The predicted molar refractivity (Wildman–Crippen MR) is 91.8 cm³/mol. The maximum absolute atomic E-state index is 12.5. The van der Waals surface area contributed by atoms with Crippen LogP contribution in [0.3, 0.4) is 0 Å². The van der Waals surface area contributed by atoms with Crippen LogP contribution in [0.15, 0.2) is 66.9 Å². The zero-order chi connectivity index (χ0) is 17.1. The minimum absolute atomic E-state index is 0.0748. The molecule has 0 bridgehead atoms. The molecule has 0 saturated heterocycles. The number of carbonyl (C=O) groups excluding carboxylic acids is 1. The summed E-state index contributed by atoms with van der Waals surface area (Å²) in [5.41, 5.74) is 1.13. The van der Waals surface area contributed by atoms with Gasteiger partial charge in [-0.3, -0.25) is 14.9 Å². The molecule has 3 rings (SSSR count). The van der Waals surface area contributed by atoms with Gasteiger partial charge in [0, 0.05) is 23.0 Å².